The molecule has 0 saturated carbocycles. The van der Waals surface area contributed by atoms with Gasteiger partial charge in [0.1, 0.15) is 5.82 Å². The third-order valence-corrected chi connectivity index (χ3v) is 3.39. The summed E-state index contributed by atoms with van der Waals surface area (Å²) in [7, 11) is 2.18. The van der Waals surface area contributed by atoms with E-state index in [-0.39, 0.29) is 0 Å². The highest BCUT2D eigenvalue weighted by molar-refractivity contribution is 7.71. The molecule has 15 heavy (non-hydrogen) atoms. The van der Waals surface area contributed by atoms with Gasteiger partial charge < -0.3 is 9.47 Å². The Balaban J connectivity index is 2.10. The van der Waals surface area contributed by atoms with E-state index in [0.717, 1.165) is 29.5 Å². The van der Waals surface area contributed by atoms with Crippen molar-refractivity contribution in [3.05, 3.63) is 10.6 Å². The van der Waals surface area contributed by atoms with Crippen molar-refractivity contribution in [1.82, 2.24) is 19.7 Å². The highest BCUT2D eigenvalue weighted by atomic mass is 32.1. The lowest BCUT2D eigenvalue weighted by atomic mass is 10.1. The fourth-order valence-electron chi connectivity index (χ4n) is 2.24. The van der Waals surface area contributed by atoms with Crippen molar-refractivity contribution >= 4 is 12.2 Å². The molecule has 1 aliphatic heterocycles. The lowest BCUT2D eigenvalue weighted by molar-refractivity contribution is 0.375. The predicted molar refractivity (Wildman–Crippen MR) is 62.4 cm³/mol. The molecule has 1 atom stereocenters. The second kappa shape index (κ2) is 4.45. The summed E-state index contributed by atoms with van der Waals surface area (Å²) < 4.78 is 2.92. The van der Waals surface area contributed by atoms with E-state index in [0.29, 0.717) is 0 Å². The lowest BCUT2D eigenvalue weighted by Gasteiger charge is -2.12. The fourth-order valence-corrected chi connectivity index (χ4v) is 2.47. The Morgan fingerprint density at radius 1 is 1.60 bits per heavy atom. The summed E-state index contributed by atoms with van der Waals surface area (Å²) in [5.41, 5.74) is 0. The predicted octanol–water partition coefficient (Wildman–Crippen LogP) is 1.45. The number of nitrogens with zero attached hydrogens (tertiary/aromatic N) is 3. The van der Waals surface area contributed by atoms with Crippen molar-refractivity contribution in [2.75, 3.05) is 20.1 Å². The summed E-state index contributed by atoms with van der Waals surface area (Å²) in [5, 5.41) is 7.10. The van der Waals surface area contributed by atoms with E-state index in [1.54, 1.807) is 0 Å². The number of likely N-dealkylation sites (tertiary alicyclic amines) is 1. The van der Waals surface area contributed by atoms with Gasteiger partial charge in [0.2, 0.25) is 0 Å². The molecular weight excluding hydrogens is 208 g/mol. The number of rotatable bonds is 3. The van der Waals surface area contributed by atoms with Gasteiger partial charge in [-0.15, -0.1) is 0 Å². The molecule has 1 unspecified atom stereocenters. The average molecular weight is 226 g/mol. The highest BCUT2D eigenvalue weighted by Gasteiger charge is 2.20. The molecule has 84 valence electrons. The number of hydrogen-bond donors (Lipinski definition) is 1. The molecule has 1 aromatic heterocycles. The SMILES string of the molecule is CCc1n[nH]c(=S)n1CC1CCN(C)C1. The van der Waals surface area contributed by atoms with E-state index in [1.807, 2.05) is 0 Å². The van der Waals surface area contributed by atoms with E-state index in [9.17, 15) is 0 Å². The van der Waals surface area contributed by atoms with Crippen molar-refractivity contribution in [2.45, 2.75) is 26.3 Å². The Morgan fingerprint density at radius 2 is 2.40 bits per heavy atom. The Morgan fingerprint density at radius 3 is 3.00 bits per heavy atom. The van der Waals surface area contributed by atoms with Crippen LogP contribution >= 0.6 is 12.2 Å². The van der Waals surface area contributed by atoms with Crippen LogP contribution in [0.1, 0.15) is 19.2 Å². The van der Waals surface area contributed by atoms with Crippen LogP contribution in [-0.4, -0.2) is 39.8 Å². The van der Waals surface area contributed by atoms with Crippen molar-refractivity contribution < 1.29 is 0 Å². The van der Waals surface area contributed by atoms with E-state index in [2.05, 4.69) is 33.6 Å². The summed E-state index contributed by atoms with van der Waals surface area (Å²) in [5.74, 6) is 1.80. The minimum atomic E-state index is 0.726. The van der Waals surface area contributed by atoms with Crippen LogP contribution in [0.4, 0.5) is 0 Å². The number of hydrogen-bond acceptors (Lipinski definition) is 3. The fraction of sp³-hybridized carbons (Fsp3) is 0.800. The second-order valence-corrected chi connectivity index (χ2v) is 4.71. The van der Waals surface area contributed by atoms with Crippen molar-refractivity contribution in [1.29, 1.82) is 0 Å². The monoisotopic (exact) mass is 226 g/mol. The molecule has 1 aliphatic rings. The van der Waals surface area contributed by atoms with Gasteiger partial charge in [-0.05, 0) is 38.1 Å². The first-order valence-corrected chi connectivity index (χ1v) is 5.94. The van der Waals surface area contributed by atoms with Gasteiger partial charge in [-0.25, -0.2) is 0 Å². The van der Waals surface area contributed by atoms with E-state index >= 15 is 0 Å². The van der Waals surface area contributed by atoms with Gasteiger partial charge in [0.25, 0.3) is 0 Å². The average Bonchev–Trinajstić information content (AvgIpc) is 2.76. The molecule has 1 fully saturated rings. The van der Waals surface area contributed by atoms with Gasteiger partial charge >= 0.3 is 0 Å². The minimum absolute atomic E-state index is 0.726. The molecule has 1 saturated heterocycles. The number of aromatic amines is 1. The Labute approximate surface area is 95.3 Å². The van der Waals surface area contributed by atoms with Crippen LogP contribution in [0.2, 0.25) is 0 Å². The first-order chi connectivity index (χ1) is 7.20. The van der Waals surface area contributed by atoms with Gasteiger partial charge in [0, 0.05) is 19.5 Å². The molecule has 1 N–H and O–H groups in total. The third kappa shape index (κ3) is 2.29. The number of aryl methyl sites for hydroxylation is 1. The molecule has 0 bridgehead atoms. The topological polar surface area (TPSA) is 36.9 Å². The number of aromatic nitrogens is 3. The standard InChI is InChI=1S/C10H18N4S/c1-3-9-11-12-10(15)14(9)7-8-4-5-13(2)6-8/h8H,3-7H2,1-2H3,(H,12,15). The van der Waals surface area contributed by atoms with Crippen molar-refractivity contribution in [3.8, 4) is 0 Å². The Hall–Kier alpha value is -0.680. The molecule has 5 heteroatoms. The van der Waals surface area contributed by atoms with Crippen molar-refractivity contribution in [3.63, 3.8) is 0 Å². The van der Waals surface area contributed by atoms with E-state index in [4.69, 9.17) is 12.2 Å². The molecule has 0 radical (unpaired) electrons. The maximum absolute atomic E-state index is 5.23. The Kier molecular flexibility index (Phi) is 3.21. The summed E-state index contributed by atoms with van der Waals surface area (Å²) >= 11 is 5.23. The van der Waals surface area contributed by atoms with Gasteiger partial charge in [-0.1, -0.05) is 6.92 Å². The highest BCUT2D eigenvalue weighted by Crippen LogP contribution is 2.17. The number of H-pyrrole nitrogens is 1. The zero-order chi connectivity index (χ0) is 10.8. The smallest absolute Gasteiger partial charge is 0.195 e. The number of nitrogens with one attached hydrogen (secondary N) is 1. The van der Waals surface area contributed by atoms with Crippen LogP contribution in [0.3, 0.4) is 0 Å². The molecule has 0 amide bonds. The van der Waals surface area contributed by atoms with Crippen LogP contribution in [0.5, 0.6) is 0 Å². The van der Waals surface area contributed by atoms with Crippen LogP contribution < -0.4 is 0 Å². The van der Waals surface area contributed by atoms with Crippen LogP contribution in [0.25, 0.3) is 0 Å². The molecule has 0 spiro atoms. The van der Waals surface area contributed by atoms with E-state index in [1.165, 1.54) is 19.5 Å². The van der Waals surface area contributed by atoms with Gasteiger partial charge in [0.05, 0.1) is 0 Å². The van der Waals surface area contributed by atoms with E-state index < -0.39 is 0 Å². The first kappa shape index (κ1) is 10.8. The summed E-state index contributed by atoms with van der Waals surface area (Å²) in [6.07, 6.45) is 2.21. The normalized spacial score (nSPS) is 22.4. The maximum Gasteiger partial charge on any atom is 0.195 e. The minimum Gasteiger partial charge on any atom is -0.306 e. The zero-order valence-corrected chi connectivity index (χ0v) is 10.2. The molecule has 4 nitrogen and oxygen atoms in total. The quantitative estimate of drug-likeness (QED) is 0.793. The van der Waals surface area contributed by atoms with Gasteiger partial charge in [-0.3, -0.25) is 5.10 Å². The second-order valence-electron chi connectivity index (χ2n) is 4.33. The lowest BCUT2D eigenvalue weighted by Crippen LogP contribution is -2.18. The summed E-state index contributed by atoms with van der Waals surface area (Å²) in [6.45, 7) is 5.51. The third-order valence-electron chi connectivity index (χ3n) is 3.08. The van der Waals surface area contributed by atoms with Gasteiger partial charge in [0.15, 0.2) is 4.77 Å². The molecular formula is C10H18N4S. The first-order valence-electron chi connectivity index (χ1n) is 5.53. The molecule has 2 rings (SSSR count). The molecule has 2 heterocycles. The largest absolute Gasteiger partial charge is 0.306 e. The Bertz CT molecular complexity index is 381. The van der Waals surface area contributed by atoms with Crippen LogP contribution in [0, 0.1) is 10.7 Å². The summed E-state index contributed by atoms with van der Waals surface area (Å²) in [6, 6.07) is 0. The zero-order valence-electron chi connectivity index (χ0n) is 9.36. The molecule has 0 aliphatic carbocycles. The van der Waals surface area contributed by atoms with Gasteiger partial charge in [-0.2, -0.15) is 5.10 Å². The molecule has 0 aromatic carbocycles. The van der Waals surface area contributed by atoms with Crippen LogP contribution in [0.15, 0.2) is 0 Å². The summed E-state index contributed by atoms with van der Waals surface area (Å²) in [4.78, 5) is 2.37. The maximum atomic E-state index is 5.23. The molecule has 1 aromatic rings. The van der Waals surface area contributed by atoms with Crippen LogP contribution in [-0.2, 0) is 13.0 Å². The van der Waals surface area contributed by atoms with Crippen molar-refractivity contribution in [2.24, 2.45) is 5.92 Å².